The fraction of sp³-hybridized carbons (Fsp3) is 0.643. The maximum absolute atomic E-state index is 12.4. The maximum atomic E-state index is 12.4. The molecule has 1 saturated heterocycles. The molecule has 1 amide bonds. The molecule has 0 bridgehead atoms. The molecule has 1 aromatic rings. The Hall–Kier alpha value is -1.65. The molecule has 1 aliphatic rings. The molecule has 1 aromatic heterocycles. The van der Waals surface area contributed by atoms with Gasteiger partial charge in [0.2, 0.25) is 0 Å². The van der Waals surface area contributed by atoms with Crippen LogP contribution in [0.5, 0.6) is 0 Å². The second kappa shape index (κ2) is 6.50. The summed E-state index contributed by atoms with van der Waals surface area (Å²) in [4.78, 5) is 14.3. The van der Waals surface area contributed by atoms with E-state index in [1.807, 2.05) is 4.90 Å². The quantitative estimate of drug-likeness (QED) is 0.907. The Bertz CT molecular complexity index is 418. The van der Waals surface area contributed by atoms with E-state index in [9.17, 15) is 4.79 Å². The Kier molecular flexibility index (Phi) is 4.71. The van der Waals surface area contributed by atoms with E-state index in [-0.39, 0.29) is 5.91 Å². The summed E-state index contributed by atoms with van der Waals surface area (Å²) in [6.07, 6.45) is 4.62. The molecule has 0 spiro atoms. The van der Waals surface area contributed by atoms with Crippen molar-refractivity contribution in [2.45, 2.75) is 32.6 Å². The summed E-state index contributed by atoms with van der Waals surface area (Å²) in [5, 5.41) is 10.8. The molecule has 2 heterocycles. The van der Waals surface area contributed by atoms with Gasteiger partial charge in [0.05, 0.1) is 0 Å². The Morgan fingerprint density at radius 3 is 2.84 bits per heavy atom. The van der Waals surface area contributed by atoms with Crippen LogP contribution in [0.4, 0.5) is 5.82 Å². The van der Waals surface area contributed by atoms with E-state index in [0.717, 1.165) is 31.8 Å². The molecule has 104 valence electrons. The van der Waals surface area contributed by atoms with Gasteiger partial charge in [-0.3, -0.25) is 4.79 Å². The van der Waals surface area contributed by atoms with Crippen LogP contribution >= 0.6 is 0 Å². The highest BCUT2D eigenvalue weighted by molar-refractivity contribution is 5.92. The summed E-state index contributed by atoms with van der Waals surface area (Å²) in [6.45, 7) is 3.90. The van der Waals surface area contributed by atoms with Gasteiger partial charge in [-0.15, -0.1) is 10.2 Å². The molecule has 19 heavy (non-hydrogen) atoms. The number of hydrogen-bond donors (Lipinski definition) is 1. The van der Waals surface area contributed by atoms with Crippen LogP contribution in [0.3, 0.4) is 0 Å². The fourth-order valence-electron chi connectivity index (χ4n) is 2.52. The van der Waals surface area contributed by atoms with Gasteiger partial charge < -0.3 is 10.2 Å². The number of nitrogens with zero attached hydrogens (tertiary/aromatic N) is 3. The third-order valence-corrected chi connectivity index (χ3v) is 3.85. The first-order valence-electron chi connectivity index (χ1n) is 7.05. The number of nitrogens with one attached hydrogen (secondary N) is 1. The van der Waals surface area contributed by atoms with Gasteiger partial charge >= 0.3 is 0 Å². The van der Waals surface area contributed by atoms with Crippen LogP contribution in [0.15, 0.2) is 12.1 Å². The number of amides is 1. The van der Waals surface area contributed by atoms with Crippen molar-refractivity contribution < 1.29 is 4.79 Å². The number of likely N-dealkylation sites (tertiary alicyclic amines) is 1. The van der Waals surface area contributed by atoms with Crippen molar-refractivity contribution in [1.82, 2.24) is 15.1 Å². The zero-order chi connectivity index (χ0) is 13.7. The molecule has 5 nitrogen and oxygen atoms in total. The average molecular weight is 262 g/mol. The van der Waals surface area contributed by atoms with Crippen molar-refractivity contribution in [2.24, 2.45) is 5.92 Å². The van der Waals surface area contributed by atoms with Crippen LogP contribution in [0, 0.1) is 5.92 Å². The number of anilines is 1. The molecule has 0 aromatic carbocycles. The van der Waals surface area contributed by atoms with Gasteiger partial charge in [0.15, 0.2) is 5.69 Å². The number of carbonyl (C=O) groups excluding carboxylic acids is 1. The molecule has 0 saturated carbocycles. The molecule has 1 fully saturated rings. The number of carbonyl (C=O) groups is 1. The van der Waals surface area contributed by atoms with Gasteiger partial charge in [0.25, 0.3) is 5.91 Å². The first-order valence-corrected chi connectivity index (χ1v) is 7.05. The lowest BCUT2D eigenvalue weighted by Gasteiger charge is -2.19. The minimum absolute atomic E-state index is 0.00639. The van der Waals surface area contributed by atoms with E-state index < -0.39 is 0 Å². The largest absolute Gasteiger partial charge is 0.372 e. The van der Waals surface area contributed by atoms with Gasteiger partial charge in [-0.1, -0.05) is 13.3 Å². The van der Waals surface area contributed by atoms with E-state index in [4.69, 9.17) is 0 Å². The van der Waals surface area contributed by atoms with Crippen molar-refractivity contribution >= 4 is 11.7 Å². The molecule has 1 atom stereocenters. The van der Waals surface area contributed by atoms with Crippen LogP contribution in [-0.4, -0.2) is 41.1 Å². The summed E-state index contributed by atoms with van der Waals surface area (Å²) in [5.41, 5.74) is 0.439. The molecule has 1 aliphatic heterocycles. The molecule has 0 radical (unpaired) electrons. The summed E-state index contributed by atoms with van der Waals surface area (Å²) in [6, 6.07) is 3.52. The van der Waals surface area contributed by atoms with Crippen LogP contribution < -0.4 is 5.32 Å². The second-order valence-electron chi connectivity index (χ2n) is 5.05. The lowest BCUT2D eigenvalue weighted by molar-refractivity contribution is 0.0753. The van der Waals surface area contributed by atoms with Crippen molar-refractivity contribution in [3.05, 3.63) is 17.8 Å². The van der Waals surface area contributed by atoms with Crippen LogP contribution in [0.2, 0.25) is 0 Å². The number of rotatable bonds is 3. The number of aromatic nitrogens is 2. The molecule has 1 unspecified atom stereocenters. The average Bonchev–Trinajstić information content (AvgIpc) is 2.72. The van der Waals surface area contributed by atoms with Crippen LogP contribution in [0.25, 0.3) is 0 Å². The van der Waals surface area contributed by atoms with Crippen LogP contribution in [0.1, 0.15) is 43.1 Å². The van der Waals surface area contributed by atoms with Crippen molar-refractivity contribution in [1.29, 1.82) is 0 Å². The number of hydrogen-bond acceptors (Lipinski definition) is 4. The van der Waals surface area contributed by atoms with E-state index in [0.29, 0.717) is 11.5 Å². The zero-order valence-electron chi connectivity index (χ0n) is 11.7. The van der Waals surface area contributed by atoms with Gasteiger partial charge in [0, 0.05) is 20.1 Å². The van der Waals surface area contributed by atoms with Crippen molar-refractivity contribution in [2.75, 3.05) is 25.5 Å². The topological polar surface area (TPSA) is 58.1 Å². The minimum Gasteiger partial charge on any atom is -0.372 e. The first-order chi connectivity index (χ1) is 9.24. The predicted molar refractivity (Wildman–Crippen MR) is 75.1 cm³/mol. The Labute approximate surface area is 114 Å². The van der Waals surface area contributed by atoms with E-state index in [2.05, 4.69) is 22.4 Å². The lowest BCUT2D eigenvalue weighted by atomic mass is 9.98. The molecular weight excluding hydrogens is 240 g/mol. The molecule has 1 N–H and O–H groups in total. The monoisotopic (exact) mass is 262 g/mol. The third-order valence-electron chi connectivity index (χ3n) is 3.85. The Balaban J connectivity index is 2.01. The summed E-state index contributed by atoms with van der Waals surface area (Å²) < 4.78 is 0. The van der Waals surface area contributed by atoms with Crippen molar-refractivity contribution in [3.8, 4) is 0 Å². The lowest BCUT2D eigenvalue weighted by Crippen LogP contribution is -2.32. The molecule has 0 aliphatic carbocycles. The fourth-order valence-corrected chi connectivity index (χ4v) is 2.52. The van der Waals surface area contributed by atoms with Gasteiger partial charge in [-0.2, -0.15) is 0 Å². The molecular formula is C14H22N4O. The normalized spacial score (nSPS) is 19.9. The Morgan fingerprint density at radius 1 is 1.37 bits per heavy atom. The van der Waals surface area contributed by atoms with E-state index in [1.165, 1.54) is 12.8 Å². The van der Waals surface area contributed by atoms with E-state index in [1.54, 1.807) is 19.2 Å². The molecule has 5 heteroatoms. The smallest absolute Gasteiger partial charge is 0.274 e. The second-order valence-corrected chi connectivity index (χ2v) is 5.05. The van der Waals surface area contributed by atoms with Gasteiger partial charge in [-0.25, -0.2) is 0 Å². The predicted octanol–water partition coefficient (Wildman–Crippen LogP) is 2.17. The van der Waals surface area contributed by atoms with Gasteiger partial charge in [-0.05, 0) is 37.3 Å². The van der Waals surface area contributed by atoms with Crippen molar-refractivity contribution in [3.63, 3.8) is 0 Å². The standard InChI is InChI=1S/C14H22N4O/c1-3-11-5-4-9-18(10-8-11)14(19)12-6-7-13(15-2)17-16-12/h6-7,11H,3-5,8-10H2,1-2H3,(H,15,17). The van der Waals surface area contributed by atoms with Crippen LogP contribution in [-0.2, 0) is 0 Å². The highest BCUT2D eigenvalue weighted by Gasteiger charge is 2.21. The van der Waals surface area contributed by atoms with E-state index >= 15 is 0 Å². The maximum Gasteiger partial charge on any atom is 0.274 e. The third kappa shape index (κ3) is 3.43. The minimum atomic E-state index is 0.00639. The highest BCUT2D eigenvalue weighted by Crippen LogP contribution is 2.21. The summed E-state index contributed by atoms with van der Waals surface area (Å²) in [5.74, 6) is 1.45. The molecule has 2 rings (SSSR count). The highest BCUT2D eigenvalue weighted by atomic mass is 16.2. The SMILES string of the molecule is CCC1CCCN(C(=O)c2ccc(NC)nn2)CC1. The van der Waals surface area contributed by atoms with Gasteiger partial charge in [0.1, 0.15) is 5.82 Å². The Morgan fingerprint density at radius 2 is 2.21 bits per heavy atom. The summed E-state index contributed by atoms with van der Waals surface area (Å²) in [7, 11) is 1.78. The zero-order valence-corrected chi connectivity index (χ0v) is 11.7. The first kappa shape index (κ1) is 13.8. The summed E-state index contributed by atoms with van der Waals surface area (Å²) >= 11 is 0.